The summed E-state index contributed by atoms with van der Waals surface area (Å²) in [6.45, 7) is 0.377. The van der Waals surface area contributed by atoms with Gasteiger partial charge in [0.2, 0.25) is 0 Å². The van der Waals surface area contributed by atoms with Crippen molar-refractivity contribution >= 4 is 23.0 Å². The molecule has 0 spiro atoms. The highest BCUT2D eigenvalue weighted by molar-refractivity contribution is 5.75. The molecule has 1 aromatic rings. The standard InChI is InChI=1S/C11H12N4O6/c16-11(17)8-2-1-5-13(12-8)9-4-3-7(14(18)19)6-10(9)15(20)21/h3-4,6,8,12H,1-2,5H2,(H,16,17)/t8-/m0/s1. The van der Waals surface area contributed by atoms with Gasteiger partial charge in [-0.15, -0.1) is 0 Å². The van der Waals surface area contributed by atoms with Gasteiger partial charge in [-0.2, -0.15) is 0 Å². The number of hydrazine groups is 1. The number of non-ortho nitro benzene ring substituents is 1. The van der Waals surface area contributed by atoms with E-state index >= 15 is 0 Å². The fourth-order valence-corrected chi connectivity index (χ4v) is 2.14. The third kappa shape index (κ3) is 3.05. The highest BCUT2D eigenvalue weighted by atomic mass is 16.6. The topological polar surface area (TPSA) is 139 Å². The van der Waals surface area contributed by atoms with Crippen LogP contribution in [0.4, 0.5) is 17.1 Å². The Bertz CT molecular complexity index is 604. The number of carboxylic acids is 1. The number of hydrogen-bond donors (Lipinski definition) is 2. The van der Waals surface area contributed by atoms with Gasteiger partial charge in [-0.05, 0) is 18.9 Å². The predicted molar refractivity (Wildman–Crippen MR) is 70.9 cm³/mol. The van der Waals surface area contributed by atoms with Crippen molar-refractivity contribution in [3.05, 3.63) is 38.4 Å². The molecule has 112 valence electrons. The third-order valence-corrected chi connectivity index (χ3v) is 3.14. The summed E-state index contributed by atoms with van der Waals surface area (Å²) in [6.07, 6.45) is 0.949. The quantitative estimate of drug-likeness (QED) is 0.621. The van der Waals surface area contributed by atoms with Crippen LogP contribution in [0.5, 0.6) is 0 Å². The van der Waals surface area contributed by atoms with Gasteiger partial charge in [0, 0.05) is 12.6 Å². The van der Waals surface area contributed by atoms with Crippen LogP contribution in [0.2, 0.25) is 0 Å². The minimum Gasteiger partial charge on any atom is -0.480 e. The lowest BCUT2D eigenvalue weighted by Gasteiger charge is -2.33. The minimum absolute atomic E-state index is 0.108. The Labute approximate surface area is 118 Å². The van der Waals surface area contributed by atoms with E-state index in [1.807, 2.05) is 0 Å². The number of nitro benzene ring substituents is 2. The smallest absolute Gasteiger partial charge is 0.322 e. The number of benzene rings is 1. The van der Waals surface area contributed by atoms with Crippen LogP contribution in [0.25, 0.3) is 0 Å². The second kappa shape index (κ2) is 5.71. The van der Waals surface area contributed by atoms with E-state index in [1.54, 1.807) is 0 Å². The van der Waals surface area contributed by atoms with Crippen LogP contribution in [0, 0.1) is 20.2 Å². The molecule has 1 aromatic carbocycles. The van der Waals surface area contributed by atoms with E-state index in [0.717, 1.165) is 12.1 Å². The molecule has 1 fully saturated rings. The Hall–Kier alpha value is -2.75. The molecule has 10 nitrogen and oxygen atoms in total. The Morgan fingerprint density at radius 2 is 2.05 bits per heavy atom. The van der Waals surface area contributed by atoms with Gasteiger partial charge < -0.3 is 10.1 Å². The first-order chi connectivity index (χ1) is 9.90. The van der Waals surface area contributed by atoms with Gasteiger partial charge in [0.1, 0.15) is 11.7 Å². The summed E-state index contributed by atoms with van der Waals surface area (Å²) in [5.41, 5.74) is 1.95. The van der Waals surface area contributed by atoms with Gasteiger partial charge in [-0.1, -0.05) is 0 Å². The molecule has 0 aliphatic carbocycles. The van der Waals surface area contributed by atoms with Crippen LogP contribution in [0.15, 0.2) is 18.2 Å². The lowest BCUT2D eigenvalue weighted by molar-refractivity contribution is -0.393. The summed E-state index contributed by atoms with van der Waals surface area (Å²) < 4.78 is 0. The summed E-state index contributed by atoms with van der Waals surface area (Å²) in [6, 6.07) is 2.41. The first-order valence-electron chi connectivity index (χ1n) is 6.09. The van der Waals surface area contributed by atoms with E-state index in [0.29, 0.717) is 19.4 Å². The molecule has 1 atom stereocenters. The molecule has 10 heteroatoms. The van der Waals surface area contributed by atoms with Gasteiger partial charge in [0.25, 0.3) is 5.69 Å². The SMILES string of the molecule is O=C(O)[C@@H]1CCCN(c2ccc([N+](=O)[O-])cc2[N+](=O)[O-])N1. The van der Waals surface area contributed by atoms with Crippen molar-refractivity contribution in [1.29, 1.82) is 0 Å². The number of carbonyl (C=O) groups is 1. The van der Waals surface area contributed by atoms with Crippen LogP contribution in [-0.2, 0) is 4.79 Å². The molecule has 1 aliphatic heterocycles. The summed E-state index contributed by atoms with van der Waals surface area (Å²) in [4.78, 5) is 31.3. The summed E-state index contributed by atoms with van der Waals surface area (Å²) in [5, 5.41) is 32.1. The lowest BCUT2D eigenvalue weighted by atomic mass is 10.1. The zero-order chi connectivity index (χ0) is 15.6. The first-order valence-corrected chi connectivity index (χ1v) is 6.09. The largest absolute Gasteiger partial charge is 0.480 e. The summed E-state index contributed by atoms with van der Waals surface area (Å²) in [7, 11) is 0. The number of nitrogens with zero attached hydrogens (tertiary/aromatic N) is 3. The van der Waals surface area contributed by atoms with E-state index in [4.69, 9.17) is 5.11 Å². The monoisotopic (exact) mass is 296 g/mol. The lowest BCUT2D eigenvalue weighted by Crippen LogP contribution is -2.53. The summed E-state index contributed by atoms with van der Waals surface area (Å²) in [5.74, 6) is -1.05. The summed E-state index contributed by atoms with van der Waals surface area (Å²) >= 11 is 0. The number of anilines is 1. The van der Waals surface area contributed by atoms with Crippen molar-refractivity contribution < 1.29 is 19.7 Å². The number of hydrogen-bond acceptors (Lipinski definition) is 7. The Morgan fingerprint density at radius 3 is 2.62 bits per heavy atom. The predicted octanol–water partition coefficient (Wildman–Crippen LogP) is 1.06. The molecule has 0 amide bonds. The van der Waals surface area contributed by atoms with Crippen molar-refractivity contribution in [2.75, 3.05) is 11.6 Å². The average Bonchev–Trinajstić information content (AvgIpc) is 2.46. The molecule has 1 saturated heterocycles. The van der Waals surface area contributed by atoms with E-state index in [1.165, 1.54) is 11.1 Å². The number of nitro groups is 2. The van der Waals surface area contributed by atoms with Crippen LogP contribution in [0.3, 0.4) is 0 Å². The molecule has 21 heavy (non-hydrogen) atoms. The van der Waals surface area contributed by atoms with Crippen LogP contribution in [0.1, 0.15) is 12.8 Å². The molecule has 0 bridgehead atoms. The van der Waals surface area contributed by atoms with E-state index in [9.17, 15) is 25.0 Å². The Kier molecular flexibility index (Phi) is 3.98. The van der Waals surface area contributed by atoms with Gasteiger partial charge >= 0.3 is 11.7 Å². The van der Waals surface area contributed by atoms with Crippen LogP contribution >= 0.6 is 0 Å². The van der Waals surface area contributed by atoms with Crippen molar-refractivity contribution in [2.24, 2.45) is 0 Å². The van der Waals surface area contributed by atoms with Crippen molar-refractivity contribution in [1.82, 2.24) is 5.43 Å². The molecular formula is C11H12N4O6. The Balaban J connectivity index is 2.36. The fourth-order valence-electron chi connectivity index (χ4n) is 2.14. The second-order valence-electron chi connectivity index (χ2n) is 4.50. The average molecular weight is 296 g/mol. The molecule has 1 heterocycles. The van der Waals surface area contributed by atoms with Gasteiger partial charge in [0.15, 0.2) is 0 Å². The normalized spacial score (nSPS) is 18.3. The fraction of sp³-hybridized carbons (Fsp3) is 0.364. The van der Waals surface area contributed by atoms with Crippen LogP contribution < -0.4 is 10.4 Å². The minimum atomic E-state index is -1.05. The van der Waals surface area contributed by atoms with Gasteiger partial charge in [-0.25, -0.2) is 5.43 Å². The molecule has 1 aliphatic rings. The number of nitrogens with one attached hydrogen (secondary N) is 1. The van der Waals surface area contributed by atoms with E-state index in [2.05, 4.69) is 5.43 Å². The molecule has 0 aromatic heterocycles. The van der Waals surface area contributed by atoms with Gasteiger partial charge in [0.05, 0.1) is 15.9 Å². The first kappa shape index (κ1) is 14.7. The Morgan fingerprint density at radius 1 is 1.33 bits per heavy atom. The van der Waals surface area contributed by atoms with E-state index < -0.39 is 33.2 Å². The van der Waals surface area contributed by atoms with E-state index in [-0.39, 0.29) is 5.69 Å². The third-order valence-electron chi connectivity index (χ3n) is 3.14. The number of aliphatic carboxylic acids is 1. The van der Waals surface area contributed by atoms with Crippen molar-refractivity contribution in [2.45, 2.75) is 18.9 Å². The zero-order valence-corrected chi connectivity index (χ0v) is 10.8. The highest BCUT2D eigenvalue weighted by Gasteiger charge is 2.29. The van der Waals surface area contributed by atoms with Gasteiger partial charge in [-0.3, -0.25) is 25.0 Å². The maximum absolute atomic E-state index is 11.1. The molecule has 0 unspecified atom stereocenters. The number of rotatable bonds is 4. The van der Waals surface area contributed by atoms with Crippen molar-refractivity contribution in [3.63, 3.8) is 0 Å². The maximum atomic E-state index is 11.1. The molecular weight excluding hydrogens is 284 g/mol. The van der Waals surface area contributed by atoms with Crippen LogP contribution in [-0.4, -0.2) is 33.5 Å². The number of carboxylic acid groups (broad SMARTS) is 1. The molecule has 0 saturated carbocycles. The zero-order valence-electron chi connectivity index (χ0n) is 10.8. The highest BCUT2D eigenvalue weighted by Crippen LogP contribution is 2.32. The molecule has 0 radical (unpaired) electrons. The maximum Gasteiger partial charge on any atom is 0.322 e. The van der Waals surface area contributed by atoms with Crippen molar-refractivity contribution in [3.8, 4) is 0 Å². The molecule has 2 rings (SSSR count). The molecule has 2 N–H and O–H groups in total. The second-order valence-corrected chi connectivity index (χ2v) is 4.50.